The van der Waals surface area contributed by atoms with Crippen molar-refractivity contribution in [1.29, 1.82) is 0 Å². The van der Waals surface area contributed by atoms with Crippen LogP contribution in [0.1, 0.15) is 26.2 Å². The third-order valence-electron chi connectivity index (χ3n) is 4.56. The van der Waals surface area contributed by atoms with Gasteiger partial charge >= 0.3 is 6.03 Å². The van der Waals surface area contributed by atoms with Crippen molar-refractivity contribution in [1.82, 2.24) is 20.3 Å². The number of nitrogens with zero attached hydrogens (tertiary/aromatic N) is 1. The summed E-state index contributed by atoms with van der Waals surface area (Å²) in [7, 11) is -3.41. The first-order chi connectivity index (χ1) is 10.7. The molecule has 4 amide bonds. The lowest BCUT2D eigenvalue weighted by Crippen LogP contribution is -2.56. The summed E-state index contributed by atoms with van der Waals surface area (Å²) in [6.45, 7) is 2.44. The van der Waals surface area contributed by atoms with E-state index in [0.717, 1.165) is 6.26 Å². The average molecular weight is 346 g/mol. The Balaban J connectivity index is 1.94. The SMILES string of the molecule is CCC1(C2CCN(C(=O)CNS(C)(=O)=O)CC2)NC(=O)NC1=O. The average Bonchev–Trinajstić information content (AvgIpc) is 2.79. The standard InChI is InChI=1S/C13H22N4O5S/c1-3-13(11(19)15-12(20)16-13)9-4-6-17(7-5-9)10(18)8-14-23(2,21)22/h9,14H,3-8H2,1-2H3,(H2,15,16,19,20). The molecule has 2 heterocycles. The van der Waals surface area contributed by atoms with Crippen LogP contribution in [0, 0.1) is 5.92 Å². The number of hydrogen-bond donors (Lipinski definition) is 3. The highest BCUT2D eigenvalue weighted by Crippen LogP contribution is 2.33. The molecule has 2 aliphatic rings. The number of imide groups is 1. The molecule has 0 spiro atoms. The van der Waals surface area contributed by atoms with Gasteiger partial charge < -0.3 is 10.2 Å². The van der Waals surface area contributed by atoms with E-state index in [0.29, 0.717) is 32.4 Å². The Hall–Kier alpha value is -1.68. The van der Waals surface area contributed by atoms with Crippen LogP contribution >= 0.6 is 0 Å². The largest absolute Gasteiger partial charge is 0.342 e. The lowest BCUT2D eigenvalue weighted by molar-refractivity contribution is -0.132. The molecule has 0 radical (unpaired) electrons. The zero-order valence-corrected chi connectivity index (χ0v) is 14.0. The second kappa shape index (κ2) is 6.44. The lowest BCUT2D eigenvalue weighted by atomic mass is 9.76. The van der Waals surface area contributed by atoms with Gasteiger partial charge in [0.15, 0.2) is 0 Å². The normalized spacial score (nSPS) is 26.1. The minimum absolute atomic E-state index is 0.0501. The Morgan fingerprint density at radius 1 is 1.35 bits per heavy atom. The zero-order chi connectivity index (χ0) is 17.3. The molecule has 3 N–H and O–H groups in total. The number of sulfonamides is 1. The van der Waals surface area contributed by atoms with Crippen LogP contribution in [-0.2, 0) is 19.6 Å². The third kappa shape index (κ3) is 3.81. The van der Waals surface area contributed by atoms with Crippen LogP contribution in [0.25, 0.3) is 0 Å². The van der Waals surface area contributed by atoms with Crippen molar-refractivity contribution in [2.45, 2.75) is 31.7 Å². The summed E-state index contributed by atoms with van der Waals surface area (Å²) in [5.41, 5.74) is -0.906. The van der Waals surface area contributed by atoms with Gasteiger partial charge in [0.1, 0.15) is 5.54 Å². The monoisotopic (exact) mass is 346 g/mol. The Labute approximate surface area is 135 Å². The fourth-order valence-corrected chi connectivity index (χ4v) is 3.64. The van der Waals surface area contributed by atoms with E-state index in [-0.39, 0.29) is 24.3 Å². The summed E-state index contributed by atoms with van der Waals surface area (Å²) in [4.78, 5) is 37.1. The van der Waals surface area contributed by atoms with Gasteiger partial charge in [-0.3, -0.25) is 14.9 Å². The first-order valence-electron chi connectivity index (χ1n) is 7.54. The minimum Gasteiger partial charge on any atom is -0.342 e. The molecule has 9 nitrogen and oxygen atoms in total. The molecule has 10 heteroatoms. The number of nitrogens with one attached hydrogen (secondary N) is 3. The predicted octanol–water partition coefficient (Wildman–Crippen LogP) is -1.24. The molecule has 0 bridgehead atoms. The fraction of sp³-hybridized carbons (Fsp3) is 0.769. The highest BCUT2D eigenvalue weighted by atomic mass is 32.2. The number of carbonyl (C=O) groups excluding carboxylic acids is 3. The topological polar surface area (TPSA) is 125 Å². The minimum atomic E-state index is -3.41. The van der Waals surface area contributed by atoms with Crippen molar-refractivity contribution >= 4 is 27.9 Å². The molecule has 0 aromatic heterocycles. The molecule has 2 aliphatic heterocycles. The first-order valence-corrected chi connectivity index (χ1v) is 9.43. The number of amides is 4. The van der Waals surface area contributed by atoms with Gasteiger partial charge in [-0.05, 0) is 25.2 Å². The van der Waals surface area contributed by atoms with Crippen LogP contribution in [-0.4, -0.2) is 62.6 Å². The molecule has 1 unspecified atom stereocenters. The van der Waals surface area contributed by atoms with E-state index >= 15 is 0 Å². The quantitative estimate of drug-likeness (QED) is 0.537. The Morgan fingerprint density at radius 3 is 2.39 bits per heavy atom. The van der Waals surface area contributed by atoms with Crippen LogP contribution in [0.2, 0.25) is 0 Å². The van der Waals surface area contributed by atoms with Crippen molar-refractivity contribution in [2.24, 2.45) is 5.92 Å². The van der Waals surface area contributed by atoms with Gasteiger partial charge in [0.25, 0.3) is 5.91 Å². The highest BCUT2D eigenvalue weighted by molar-refractivity contribution is 7.88. The summed E-state index contributed by atoms with van der Waals surface area (Å²) in [5.74, 6) is -0.654. The van der Waals surface area contributed by atoms with Gasteiger partial charge in [-0.15, -0.1) is 0 Å². The molecule has 0 aliphatic carbocycles. The number of likely N-dealkylation sites (tertiary alicyclic amines) is 1. The maximum atomic E-state index is 12.1. The van der Waals surface area contributed by atoms with E-state index in [1.165, 1.54) is 0 Å². The molecular weight excluding hydrogens is 324 g/mol. The van der Waals surface area contributed by atoms with Crippen LogP contribution < -0.4 is 15.4 Å². The Kier molecular flexibility index (Phi) is 4.95. The summed E-state index contributed by atoms with van der Waals surface area (Å²) in [6.07, 6.45) is 2.63. The Morgan fingerprint density at radius 2 is 1.96 bits per heavy atom. The lowest BCUT2D eigenvalue weighted by Gasteiger charge is -2.40. The van der Waals surface area contributed by atoms with Gasteiger partial charge in [0, 0.05) is 13.1 Å². The van der Waals surface area contributed by atoms with Crippen molar-refractivity contribution in [3.63, 3.8) is 0 Å². The van der Waals surface area contributed by atoms with Gasteiger partial charge in [-0.2, -0.15) is 0 Å². The van der Waals surface area contributed by atoms with E-state index in [4.69, 9.17) is 0 Å². The van der Waals surface area contributed by atoms with E-state index in [1.54, 1.807) is 4.90 Å². The molecule has 1 atom stereocenters. The molecule has 0 aromatic carbocycles. The molecular formula is C13H22N4O5S. The third-order valence-corrected chi connectivity index (χ3v) is 5.23. The summed E-state index contributed by atoms with van der Waals surface area (Å²) < 4.78 is 24.2. The summed E-state index contributed by atoms with van der Waals surface area (Å²) in [6, 6.07) is -0.479. The van der Waals surface area contributed by atoms with Crippen LogP contribution in [0.15, 0.2) is 0 Å². The van der Waals surface area contributed by atoms with Gasteiger partial charge in [-0.1, -0.05) is 6.92 Å². The van der Waals surface area contributed by atoms with E-state index in [2.05, 4.69) is 15.4 Å². The molecule has 130 valence electrons. The number of rotatable bonds is 5. The van der Waals surface area contributed by atoms with Crippen molar-refractivity contribution in [2.75, 3.05) is 25.9 Å². The molecule has 2 saturated heterocycles. The summed E-state index contributed by atoms with van der Waals surface area (Å²) >= 11 is 0. The molecule has 2 fully saturated rings. The van der Waals surface area contributed by atoms with Gasteiger partial charge in [0.2, 0.25) is 15.9 Å². The van der Waals surface area contributed by atoms with Crippen LogP contribution in [0.5, 0.6) is 0 Å². The number of urea groups is 1. The summed E-state index contributed by atoms with van der Waals surface area (Å²) in [5, 5.41) is 5.01. The molecule has 0 aromatic rings. The fourth-order valence-electron chi connectivity index (χ4n) is 3.26. The first kappa shape index (κ1) is 17.7. The van der Waals surface area contributed by atoms with Crippen molar-refractivity contribution in [3.8, 4) is 0 Å². The van der Waals surface area contributed by atoms with Crippen LogP contribution in [0.4, 0.5) is 4.79 Å². The maximum absolute atomic E-state index is 12.1. The molecule has 0 saturated carbocycles. The van der Waals surface area contributed by atoms with Gasteiger partial charge in [-0.25, -0.2) is 17.9 Å². The number of hydrogen-bond acceptors (Lipinski definition) is 5. The predicted molar refractivity (Wildman–Crippen MR) is 81.8 cm³/mol. The highest BCUT2D eigenvalue weighted by Gasteiger charge is 2.51. The Bertz CT molecular complexity index is 612. The zero-order valence-electron chi connectivity index (χ0n) is 13.2. The smallest absolute Gasteiger partial charge is 0.322 e. The maximum Gasteiger partial charge on any atom is 0.322 e. The van der Waals surface area contributed by atoms with Gasteiger partial charge in [0.05, 0.1) is 12.8 Å². The van der Waals surface area contributed by atoms with Crippen LogP contribution in [0.3, 0.4) is 0 Å². The number of piperidine rings is 1. The van der Waals surface area contributed by atoms with E-state index in [1.807, 2.05) is 6.92 Å². The molecule has 23 heavy (non-hydrogen) atoms. The number of carbonyl (C=O) groups is 3. The van der Waals surface area contributed by atoms with Crippen molar-refractivity contribution in [3.05, 3.63) is 0 Å². The van der Waals surface area contributed by atoms with Crippen molar-refractivity contribution < 1.29 is 22.8 Å². The second-order valence-corrected chi connectivity index (χ2v) is 7.81. The van der Waals surface area contributed by atoms with E-state index in [9.17, 15) is 22.8 Å². The second-order valence-electron chi connectivity index (χ2n) is 5.98. The molecule has 2 rings (SSSR count). The van der Waals surface area contributed by atoms with E-state index < -0.39 is 21.6 Å².